The minimum absolute atomic E-state index is 0.458. The maximum Gasteiger partial charge on any atom is 0.0914 e. The van der Waals surface area contributed by atoms with Crippen molar-refractivity contribution in [1.82, 2.24) is 5.32 Å². The fraction of sp³-hybridized carbons (Fsp3) is 0.273. The van der Waals surface area contributed by atoms with Crippen molar-refractivity contribution in [3.05, 3.63) is 47.5 Å². The molecular formula is C11H14ClNO. The molecule has 0 amide bonds. The van der Waals surface area contributed by atoms with Crippen molar-refractivity contribution in [2.45, 2.75) is 6.10 Å². The third-order valence-corrected chi connectivity index (χ3v) is 2.05. The second kappa shape index (κ2) is 6.60. The highest BCUT2D eigenvalue weighted by Gasteiger charge is 2.04. The number of benzene rings is 1. The standard InChI is InChI=1S/C11H14ClNO/c12-7-4-8-13-9-11(14)10-5-2-1-3-6-10/h1-7,11,13-14H,8-9H2/b7-4+. The van der Waals surface area contributed by atoms with E-state index in [1.165, 1.54) is 5.54 Å². The first kappa shape index (κ1) is 11.2. The van der Waals surface area contributed by atoms with Crippen LogP contribution in [0.4, 0.5) is 0 Å². The van der Waals surface area contributed by atoms with E-state index in [0.29, 0.717) is 13.1 Å². The van der Waals surface area contributed by atoms with E-state index in [4.69, 9.17) is 11.6 Å². The summed E-state index contributed by atoms with van der Waals surface area (Å²) in [6.07, 6.45) is 1.33. The molecular weight excluding hydrogens is 198 g/mol. The monoisotopic (exact) mass is 211 g/mol. The van der Waals surface area contributed by atoms with Crippen LogP contribution in [0.15, 0.2) is 41.9 Å². The Balaban J connectivity index is 2.32. The van der Waals surface area contributed by atoms with Crippen LogP contribution in [-0.4, -0.2) is 18.2 Å². The molecule has 0 spiro atoms. The van der Waals surface area contributed by atoms with E-state index < -0.39 is 6.10 Å². The minimum Gasteiger partial charge on any atom is -0.387 e. The summed E-state index contributed by atoms with van der Waals surface area (Å²) in [6, 6.07) is 9.57. The lowest BCUT2D eigenvalue weighted by Gasteiger charge is -2.10. The molecule has 0 aliphatic heterocycles. The Morgan fingerprint density at radius 3 is 2.71 bits per heavy atom. The van der Waals surface area contributed by atoms with Gasteiger partial charge in [0, 0.05) is 18.6 Å². The van der Waals surface area contributed by atoms with Gasteiger partial charge in [-0.25, -0.2) is 0 Å². The number of rotatable bonds is 5. The van der Waals surface area contributed by atoms with Gasteiger partial charge in [-0.05, 0) is 5.56 Å². The molecule has 3 heteroatoms. The Morgan fingerprint density at radius 2 is 2.07 bits per heavy atom. The van der Waals surface area contributed by atoms with Crippen LogP contribution < -0.4 is 5.32 Å². The predicted octanol–water partition coefficient (Wildman–Crippen LogP) is 2.06. The SMILES string of the molecule is OC(CNC/C=C/Cl)c1ccccc1. The Hall–Kier alpha value is -0.830. The Labute approximate surface area is 89.2 Å². The van der Waals surface area contributed by atoms with Gasteiger partial charge in [-0.2, -0.15) is 0 Å². The van der Waals surface area contributed by atoms with Gasteiger partial charge < -0.3 is 10.4 Å². The molecule has 14 heavy (non-hydrogen) atoms. The quantitative estimate of drug-likeness (QED) is 0.731. The predicted molar refractivity (Wildman–Crippen MR) is 59.3 cm³/mol. The van der Waals surface area contributed by atoms with Gasteiger partial charge in [0.15, 0.2) is 0 Å². The zero-order valence-corrected chi connectivity index (χ0v) is 8.61. The molecule has 1 unspecified atom stereocenters. The molecule has 0 fully saturated rings. The van der Waals surface area contributed by atoms with Gasteiger partial charge in [-0.15, -0.1) is 0 Å². The Morgan fingerprint density at radius 1 is 1.36 bits per heavy atom. The topological polar surface area (TPSA) is 32.3 Å². The largest absolute Gasteiger partial charge is 0.387 e. The summed E-state index contributed by atoms with van der Waals surface area (Å²) in [5, 5.41) is 12.8. The second-order valence-corrected chi connectivity index (χ2v) is 3.20. The molecule has 76 valence electrons. The molecule has 2 N–H and O–H groups in total. The van der Waals surface area contributed by atoms with Crippen LogP contribution in [0.3, 0.4) is 0 Å². The van der Waals surface area contributed by atoms with Crippen LogP contribution in [0.25, 0.3) is 0 Å². The van der Waals surface area contributed by atoms with E-state index in [9.17, 15) is 5.11 Å². The summed E-state index contributed by atoms with van der Waals surface area (Å²) in [7, 11) is 0. The van der Waals surface area contributed by atoms with Crippen molar-refractivity contribution in [3.63, 3.8) is 0 Å². The Kier molecular flexibility index (Phi) is 5.30. The zero-order chi connectivity index (χ0) is 10.2. The minimum atomic E-state index is -0.458. The van der Waals surface area contributed by atoms with Crippen molar-refractivity contribution in [3.8, 4) is 0 Å². The van der Waals surface area contributed by atoms with E-state index in [1.807, 2.05) is 30.3 Å². The lowest BCUT2D eigenvalue weighted by Crippen LogP contribution is -2.21. The van der Waals surface area contributed by atoms with Crippen molar-refractivity contribution in [2.75, 3.05) is 13.1 Å². The lowest BCUT2D eigenvalue weighted by atomic mass is 10.1. The smallest absolute Gasteiger partial charge is 0.0914 e. The van der Waals surface area contributed by atoms with E-state index in [-0.39, 0.29) is 0 Å². The van der Waals surface area contributed by atoms with Gasteiger partial charge in [0.2, 0.25) is 0 Å². The van der Waals surface area contributed by atoms with E-state index >= 15 is 0 Å². The summed E-state index contributed by atoms with van der Waals surface area (Å²) in [5.74, 6) is 0. The number of aliphatic hydroxyl groups is 1. The molecule has 1 aromatic rings. The van der Waals surface area contributed by atoms with Crippen LogP contribution in [-0.2, 0) is 0 Å². The summed E-state index contributed by atoms with van der Waals surface area (Å²) in [6.45, 7) is 1.21. The van der Waals surface area contributed by atoms with Crippen LogP contribution in [0.1, 0.15) is 11.7 Å². The summed E-state index contributed by atoms with van der Waals surface area (Å²) in [5.41, 5.74) is 2.39. The molecule has 1 atom stereocenters. The van der Waals surface area contributed by atoms with Gasteiger partial charge in [-0.1, -0.05) is 48.0 Å². The number of hydrogen-bond donors (Lipinski definition) is 2. The Bertz CT molecular complexity index is 274. The fourth-order valence-corrected chi connectivity index (χ4v) is 1.23. The van der Waals surface area contributed by atoms with Crippen molar-refractivity contribution < 1.29 is 5.11 Å². The normalized spacial score (nSPS) is 13.3. The third-order valence-electron chi connectivity index (χ3n) is 1.87. The summed E-state index contributed by atoms with van der Waals surface area (Å²) >= 11 is 5.35. The molecule has 0 radical (unpaired) electrons. The van der Waals surface area contributed by atoms with Crippen molar-refractivity contribution in [1.29, 1.82) is 0 Å². The first-order valence-electron chi connectivity index (χ1n) is 4.53. The number of aliphatic hydroxyl groups excluding tert-OH is 1. The van der Waals surface area contributed by atoms with Crippen LogP contribution in [0, 0.1) is 0 Å². The van der Waals surface area contributed by atoms with Gasteiger partial charge in [0.05, 0.1) is 6.10 Å². The maximum atomic E-state index is 9.70. The molecule has 0 aromatic heterocycles. The highest BCUT2D eigenvalue weighted by molar-refractivity contribution is 6.25. The summed E-state index contributed by atoms with van der Waals surface area (Å²) < 4.78 is 0. The fourth-order valence-electron chi connectivity index (χ4n) is 1.14. The first-order chi connectivity index (χ1) is 6.84. The zero-order valence-electron chi connectivity index (χ0n) is 7.86. The summed E-state index contributed by atoms with van der Waals surface area (Å²) in [4.78, 5) is 0. The van der Waals surface area contributed by atoms with Crippen LogP contribution in [0.2, 0.25) is 0 Å². The van der Waals surface area contributed by atoms with Crippen molar-refractivity contribution in [2.24, 2.45) is 0 Å². The highest BCUT2D eigenvalue weighted by atomic mass is 35.5. The first-order valence-corrected chi connectivity index (χ1v) is 4.97. The second-order valence-electron chi connectivity index (χ2n) is 2.95. The molecule has 0 aliphatic rings. The molecule has 0 aliphatic carbocycles. The maximum absolute atomic E-state index is 9.70. The van der Waals surface area contributed by atoms with Gasteiger partial charge in [0.25, 0.3) is 0 Å². The molecule has 1 rings (SSSR count). The van der Waals surface area contributed by atoms with Crippen LogP contribution in [0.5, 0.6) is 0 Å². The number of hydrogen-bond acceptors (Lipinski definition) is 2. The number of halogens is 1. The molecule has 0 bridgehead atoms. The molecule has 0 saturated carbocycles. The molecule has 0 saturated heterocycles. The number of nitrogens with one attached hydrogen (secondary N) is 1. The van der Waals surface area contributed by atoms with Crippen molar-refractivity contribution >= 4 is 11.6 Å². The molecule has 0 heterocycles. The van der Waals surface area contributed by atoms with Gasteiger partial charge in [-0.3, -0.25) is 0 Å². The molecule has 2 nitrogen and oxygen atoms in total. The third kappa shape index (κ3) is 3.92. The van der Waals surface area contributed by atoms with E-state index in [0.717, 1.165) is 5.56 Å². The lowest BCUT2D eigenvalue weighted by molar-refractivity contribution is 0.176. The average molecular weight is 212 g/mol. The van der Waals surface area contributed by atoms with Gasteiger partial charge >= 0.3 is 0 Å². The van der Waals surface area contributed by atoms with E-state index in [2.05, 4.69) is 5.32 Å². The van der Waals surface area contributed by atoms with Crippen LogP contribution >= 0.6 is 11.6 Å². The molecule has 1 aromatic carbocycles. The van der Waals surface area contributed by atoms with E-state index in [1.54, 1.807) is 6.08 Å². The van der Waals surface area contributed by atoms with Gasteiger partial charge in [0.1, 0.15) is 0 Å². The average Bonchev–Trinajstić information content (AvgIpc) is 2.25. The highest BCUT2D eigenvalue weighted by Crippen LogP contribution is 2.10.